The van der Waals surface area contributed by atoms with E-state index in [9.17, 15) is 4.79 Å². The van der Waals surface area contributed by atoms with Crippen LogP contribution in [0.1, 0.15) is 21.6 Å². The molecule has 94 valence electrons. The van der Waals surface area contributed by atoms with E-state index in [1.54, 1.807) is 7.05 Å². The SMILES string of the molecule is Cn1nnc(Br)c1C(=O)Cc1ccccc1CN. The summed E-state index contributed by atoms with van der Waals surface area (Å²) in [7, 11) is 1.69. The normalized spacial score (nSPS) is 10.6. The quantitative estimate of drug-likeness (QED) is 0.868. The molecule has 0 bridgehead atoms. The lowest BCUT2D eigenvalue weighted by Crippen LogP contribution is -2.12. The second-order valence-corrected chi connectivity index (χ2v) is 4.68. The van der Waals surface area contributed by atoms with Gasteiger partial charge in [0, 0.05) is 20.0 Å². The highest BCUT2D eigenvalue weighted by molar-refractivity contribution is 9.10. The zero-order valence-electron chi connectivity index (χ0n) is 9.93. The van der Waals surface area contributed by atoms with Gasteiger partial charge in [-0.15, -0.1) is 5.10 Å². The van der Waals surface area contributed by atoms with Crippen molar-refractivity contribution >= 4 is 21.7 Å². The maximum Gasteiger partial charge on any atom is 0.188 e. The predicted octanol–water partition coefficient (Wildman–Crippen LogP) is 1.46. The molecule has 1 aromatic heterocycles. The first-order chi connectivity index (χ1) is 8.63. The van der Waals surface area contributed by atoms with Crippen LogP contribution in [0.5, 0.6) is 0 Å². The third-order valence-corrected chi connectivity index (χ3v) is 3.27. The van der Waals surface area contributed by atoms with Gasteiger partial charge in [-0.2, -0.15) is 0 Å². The number of hydrogen-bond donors (Lipinski definition) is 1. The van der Waals surface area contributed by atoms with Gasteiger partial charge in [0.2, 0.25) is 0 Å². The van der Waals surface area contributed by atoms with Crippen LogP contribution < -0.4 is 5.73 Å². The Bertz CT molecular complexity index is 560. The molecule has 0 aliphatic heterocycles. The predicted molar refractivity (Wildman–Crippen MR) is 71.1 cm³/mol. The van der Waals surface area contributed by atoms with Crippen LogP contribution in [0.3, 0.4) is 0 Å². The maximum atomic E-state index is 12.2. The molecular weight excluding hydrogens is 296 g/mol. The fraction of sp³-hybridized carbons (Fsp3) is 0.250. The lowest BCUT2D eigenvalue weighted by molar-refractivity contribution is 0.0983. The fourth-order valence-corrected chi connectivity index (χ4v) is 2.36. The Labute approximate surface area is 113 Å². The van der Waals surface area contributed by atoms with Crippen molar-refractivity contribution in [3.63, 3.8) is 0 Å². The van der Waals surface area contributed by atoms with Crippen molar-refractivity contribution in [1.29, 1.82) is 0 Å². The number of nitrogens with zero attached hydrogens (tertiary/aromatic N) is 3. The van der Waals surface area contributed by atoms with Gasteiger partial charge in [0.05, 0.1) is 0 Å². The number of aryl methyl sites for hydroxylation is 1. The van der Waals surface area contributed by atoms with Crippen molar-refractivity contribution in [3.8, 4) is 0 Å². The van der Waals surface area contributed by atoms with Crippen LogP contribution in [0.2, 0.25) is 0 Å². The number of rotatable bonds is 4. The minimum atomic E-state index is -0.0322. The smallest absolute Gasteiger partial charge is 0.188 e. The van der Waals surface area contributed by atoms with Gasteiger partial charge >= 0.3 is 0 Å². The van der Waals surface area contributed by atoms with E-state index in [1.807, 2.05) is 24.3 Å². The summed E-state index contributed by atoms with van der Waals surface area (Å²) < 4.78 is 1.94. The minimum Gasteiger partial charge on any atom is -0.326 e. The molecule has 0 saturated carbocycles. The van der Waals surface area contributed by atoms with Crippen LogP contribution >= 0.6 is 15.9 Å². The Balaban J connectivity index is 2.27. The summed E-state index contributed by atoms with van der Waals surface area (Å²) in [6.45, 7) is 0.425. The maximum absolute atomic E-state index is 12.2. The first-order valence-corrected chi connectivity index (χ1v) is 6.28. The van der Waals surface area contributed by atoms with Gasteiger partial charge < -0.3 is 5.73 Å². The van der Waals surface area contributed by atoms with Gasteiger partial charge in [-0.05, 0) is 27.1 Å². The third kappa shape index (κ3) is 2.49. The highest BCUT2D eigenvalue weighted by atomic mass is 79.9. The van der Waals surface area contributed by atoms with Crippen LogP contribution in [-0.4, -0.2) is 20.8 Å². The van der Waals surface area contributed by atoms with E-state index in [4.69, 9.17) is 5.73 Å². The van der Waals surface area contributed by atoms with Gasteiger partial charge in [0.1, 0.15) is 5.69 Å². The molecule has 0 fully saturated rings. The summed E-state index contributed by atoms with van der Waals surface area (Å²) in [5, 5.41) is 7.60. The molecule has 1 aromatic carbocycles. The lowest BCUT2D eigenvalue weighted by Gasteiger charge is -2.06. The Morgan fingerprint density at radius 3 is 2.61 bits per heavy atom. The molecule has 0 atom stereocenters. The first kappa shape index (κ1) is 12.9. The van der Waals surface area contributed by atoms with Gasteiger partial charge in [-0.25, -0.2) is 4.68 Å². The average Bonchev–Trinajstić information content (AvgIpc) is 2.69. The van der Waals surface area contributed by atoms with Crippen molar-refractivity contribution in [2.45, 2.75) is 13.0 Å². The Morgan fingerprint density at radius 1 is 1.39 bits per heavy atom. The first-order valence-electron chi connectivity index (χ1n) is 5.48. The minimum absolute atomic E-state index is 0.0322. The number of benzene rings is 1. The standard InChI is InChI=1S/C12H13BrN4O/c1-17-11(12(13)15-16-17)10(18)6-8-4-2-3-5-9(8)7-14/h2-5H,6-7,14H2,1H3. The Hall–Kier alpha value is -1.53. The molecule has 0 aliphatic carbocycles. The number of halogens is 1. The number of carbonyl (C=O) groups is 1. The van der Waals surface area contributed by atoms with Crippen LogP contribution in [0, 0.1) is 0 Å². The van der Waals surface area contributed by atoms with Crippen molar-refractivity contribution in [3.05, 3.63) is 45.7 Å². The fourth-order valence-electron chi connectivity index (χ4n) is 1.81. The zero-order valence-corrected chi connectivity index (χ0v) is 11.5. The lowest BCUT2D eigenvalue weighted by atomic mass is 10.0. The monoisotopic (exact) mass is 308 g/mol. The molecule has 0 spiro atoms. The molecule has 0 saturated heterocycles. The summed E-state index contributed by atoms with van der Waals surface area (Å²) in [4.78, 5) is 12.2. The highest BCUT2D eigenvalue weighted by Gasteiger charge is 2.17. The number of aromatic nitrogens is 3. The van der Waals surface area contributed by atoms with Gasteiger partial charge in [0.15, 0.2) is 10.4 Å². The molecule has 0 aliphatic rings. The van der Waals surface area contributed by atoms with E-state index < -0.39 is 0 Å². The molecule has 18 heavy (non-hydrogen) atoms. The number of nitrogens with two attached hydrogens (primary N) is 1. The van der Waals surface area contributed by atoms with E-state index >= 15 is 0 Å². The van der Waals surface area contributed by atoms with Crippen LogP contribution in [0.25, 0.3) is 0 Å². The van der Waals surface area contributed by atoms with Crippen LogP contribution in [-0.2, 0) is 20.0 Å². The molecule has 5 nitrogen and oxygen atoms in total. The average molecular weight is 309 g/mol. The summed E-state index contributed by atoms with van der Waals surface area (Å²) >= 11 is 3.23. The highest BCUT2D eigenvalue weighted by Crippen LogP contribution is 2.16. The van der Waals surface area contributed by atoms with Crippen LogP contribution in [0.15, 0.2) is 28.9 Å². The van der Waals surface area contributed by atoms with E-state index in [1.165, 1.54) is 4.68 Å². The Kier molecular flexibility index (Phi) is 3.88. The second kappa shape index (κ2) is 5.41. The summed E-state index contributed by atoms with van der Waals surface area (Å²) in [5.74, 6) is -0.0322. The molecule has 6 heteroatoms. The molecule has 0 amide bonds. The van der Waals surface area contributed by atoms with Gasteiger partial charge in [-0.1, -0.05) is 29.5 Å². The number of ketones is 1. The number of Topliss-reactive ketones (excluding diaryl/α,β-unsaturated/α-hetero) is 1. The summed E-state index contributed by atoms with van der Waals surface area (Å²) in [6.07, 6.45) is 0.299. The summed E-state index contributed by atoms with van der Waals surface area (Å²) in [5.41, 5.74) is 8.05. The molecule has 2 aromatic rings. The molecule has 2 rings (SSSR count). The van der Waals surface area contributed by atoms with E-state index in [-0.39, 0.29) is 5.78 Å². The number of hydrogen-bond acceptors (Lipinski definition) is 4. The van der Waals surface area contributed by atoms with Crippen molar-refractivity contribution < 1.29 is 4.79 Å². The third-order valence-electron chi connectivity index (χ3n) is 2.74. The van der Waals surface area contributed by atoms with E-state index in [0.29, 0.717) is 23.3 Å². The molecule has 2 N–H and O–H groups in total. The molecule has 0 unspecified atom stereocenters. The zero-order chi connectivity index (χ0) is 13.1. The van der Waals surface area contributed by atoms with E-state index in [0.717, 1.165) is 11.1 Å². The van der Waals surface area contributed by atoms with Gasteiger partial charge in [-0.3, -0.25) is 4.79 Å². The van der Waals surface area contributed by atoms with E-state index in [2.05, 4.69) is 26.2 Å². The molecule has 1 heterocycles. The van der Waals surface area contributed by atoms with Crippen molar-refractivity contribution in [2.24, 2.45) is 12.8 Å². The largest absolute Gasteiger partial charge is 0.326 e. The van der Waals surface area contributed by atoms with Crippen LogP contribution in [0.4, 0.5) is 0 Å². The van der Waals surface area contributed by atoms with Gasteiger partial charge in [0.25, 0.3) is 0 Å². The molecule has 0 radical (unpaired) electrons. The number of carbonyl (C=O) groups excluding carboxylic acids is 1. The molecular formula is C12H13BrN4O. The topological polar surface area (TPSA) is 73.8 Å². The second-order valence-electron chi connectivity index (χ2n) is 3.93. The summed E-state index contributed by atoms with van der Waals surface area (Å²) in [6, 6.07) is 7.66. The van der Waals surface area contributed by atoms with Crippen molar-refractivity contribution in [1.82, 2.24) is 15.0 Å². The van der Waals surface area contributed by atoms with Crippen molar-refractivity contribution in [2.75, 3.05) is 0 Å². The Morgan fingerprint density at radius 2 is 2.06 bits per heavy atom.